The van der Waals surface area contributed by atoms with Crippen LogP contribution < -0.4 is 16.6 Å². The molecule has 16 heteroatoms. The van der Waals surface area contributed by atoms with Crippen molar-refractivity contribution in [1.82, 2.24) is 14.9 Å². The van der Waals surface area contributed by atoms with Crippen LogP contribution in [0.4, 0.5) is 13.2 Å². The first-order chi connectivity index (χ1) is 21.4. The van der Waals surface area contributed by atoms with Gasteiger partial charge in [0.2, 0.25) is 0 Å². The van der Waals surface area contributed by atoms with E-state index in [1.54, 1.807) is 39.0 Å². The van der Waals surface area contributed by atoms with Gasteiger partial charge >= 0.3 is 23.7 Å². The number of hydrogen-bond donors (Lipinski definition) is 2. The minimum absolute atomic E-state index is 0.00470. The number of halogens is 3. The van der Waals surface area contributed by atoms with Gasteiger partial charge in [-0.2, -0.15) is 13.2 Å². The second kappa shape index (κ2) is 15.3. The van der Waals surface area contributed by atoms with Gasteiger partial charge in [-0.15, -0.1) is 0 Å². The first-order valence-electron chi connectivity index (χ1n) is 14.3. The highest BCUT2D eigenvalue weighted by Crippen LogP contribution is 2.40. The molecule has 1 amide bonds. The molecule has 1 aromatic carbocycles. The molecule has 2 unspecified atom stereocenters. The highest BCUT2D eigenvalue weighted by molar-refractivity contribution is 8.76. The van der Waals surface area contributed by atoms with Crippen LogP contribution in [0.2, 0.25) is 18.1 Å². The van der Waals surface area contributed by atoms with E-state index in [0.717, 1.165) is 16.3 Å². The van der Waals surface area contributed by atoms with Gasteiger partial charge in [-0.05, 0) is 42.9 Å². The van der Waals surface area contributed by atoms with E-state index in [0.29, 0.717) is 5.56 Å². The molecule has 1 aliphatic heterocycles. The lowest BCUT2D eigenvalue weighted by Crippen LogP contribution is -2.44. The molecule has 4 atom stereocenters. The van der Waals surface area contributed by atoms with E-state index in [1.165, 1.54) is 0 Å². The zero-order chi connectivity index (χ0) is 34.4. The number of nitrogens with zero attached hydrogens (tertiary/aromatic N) is 1. The Morgan fingerprint density at radius 2 is 1.89 bits per heavy atom. The Morgan fingerprint density at radius 3 is 2.52 bits per heavy atom. The van der Waals surface area contributed by atoms with Crippen molar-refractivity contribution in [2.24, 2.45) is 0 Å². The van der Waals surface area contributed by atoms with E-state index in [1.807, 2.05) is 25.3 Å². The molecule has 2 N–H and O–H groups in total. The molecule has 0 radical (unpaired) electrons. The largest absolute Gasteiger partial charge is 0.471 e. The number of aromatic amines is 1. The lowest BCUT2D eigenvalue weighted by Gasteiger charge is -2.37. The average Bonchev–Trinajstić information content (AvgIpc) is 3.36. The second-order valence-corrected chi connectivity index (χ2v) is 19.7. The van der Waals surface area contributed by atoms with Crippen molar-refractivity contribution >= 4 is 41.8 Å². The quantitative estimate of drug-likeness (QED) is 0.149. The predicted octanol–water partition coefficient (Wildman–Crippen LogP) is 5.17. The van der Waals surface area contributed by atoms with Gasteiger partial charge < -0.3 is 19.2 Å². The summed E-state index contributed by atoms with van der Waals surface area (Å²) in [6, 6.07) is 7.16. The van der Waals surface area contributed by atoms with E-state index in [-0.39, 0.29) is 28.9 Å². The molecule has 46 heavy (non-hydrogen) atoms. The fourth-order valence-electron chi connectivity index (χ4n) is 4.24. The Labute approximate surface area is 274 Å². The summed E-state index contributed by atoms with van der Waals surface area (Å²) in [4.78, 5) is 51.9. The van der Waals surface area contributed by atoms with E-state index in [4.69, 9.17) is 13.9 Å². The van der Waals surface area contributed by atoms with Crippen molar-refractivity contribution in [2.45, 2.75) is 82.1 Å². The maximum atomic E-state index is 13.5. The summed E-state index contributed by atoms with van der Waals surface area (Å²) in [5, 5.41) is 1.47. The summed E-state index contributed by atoms with van der Waals surface area (Å²) in [7, 11) is 0.917. The number of benzene rings is 1. The van der Waals surface area contributed by atoms with Crippen molar-refractivity contribution in [2.75, 3.05) is 19.4 Å². The minimum atomic E-state index is -5.08. The zero-order valence-corrected chi connectivity index (χ0v) is 29.2. The smallest absolute Gasteiger partial charge is 0.456 e. The molecule has 3 rings (SSSR count). The SMILES string of the molecule is CSSC(C)c1ccccc1C(=O)OC1C[C@H](n2cc(C#CCNC(=O)C(F)(F)F)c(=O)[nH]c2=O)O[C@@H]1CO[Si](C)(C)C(C)(C)C. The molecular formula is C30H38F3N3O7S2Si. The summed E-state index contributed by atoms with van der Waals surface area (Å²) in [5.74, 6) is 1.92. The molecule has 1 aliphatic rings. The van der Waals surface area contributed by atoms with Crippen LogP contribution in [0.3, 0.4) is 0 Å². The van der Waals surface area contributed by atoms with E-state index in [2.05, 4.69) is 50.7 Å². The Bertz CT molecular complexity index is 1600. The third kappa shape index (κ3) is 9.54. The summed E-state index contributed by atoms with van der Waals surface area (Å²) in [5.41, 5.74) is -0.727. The monoisotopic (exact) mass is 701 g/mol. The van der Waals surface area contributed by atoms with Gasteiger partial charge in [0.15, 0.2) is 8.32 Å². The van der Waals surface area contributed by atoms with Crippen LogP contribution in [0, 0.1) is 11.8 Å². The Kier molecular flexibility index (Phi) is 12.5. The molecule has 1 saturated heterocycles. The van der Waals surface area contributed by atoms with Gasteiger partial charge in [-0.1, -0.05) is 72.4 Å². The molecule has 2 aromatic rings. The third-order valence-corrected chi connectivity index (χ3v) is 14.5. The van der Waals surface area contributed by atoms with Gasteiger partial charge in [0, 0.05) is 17.9 Å². The van der Waals surface area contributed by atoms with Gasteiger partial charge in [-0.25, -0.2) is 9.59 Å². The van der Waals surface area contributed by atoms with Crippen LogP contribution in [0.25, 0.3) is 0 Å². The van der Waals surface area contributed by atoms with Crippen LogP contribution >= 0.6 is 21.6 Å². The molecule has 1 fully saturated rings. The summed E-state index contributed by atoms with van der Waals surface area (Å²) in [6.07, 6.45) is -4.56. The van der Waals surface area contributed by atoms with Gasteiger partial charge in [-0.3, -0.25) is 19.1 Å². The number of nitrogens with one attached hydrogen (secondary N) is 2. The summed E-state index contributed by atoms with van der Waals surface area (Å²) < 4.78 is 57.0. The first-order valence-corrected chi connectivity index (χ1v) is 19.9. The fraction of sp³-hybridized carbons (Fsp3) is 0.533. The number of hydrogen-bond acceptors (Lipinski definition) is 9. The van der Waals surface area contributed by atoms with Crippen LogP contribution in [-0.4, -0.2) is 67.5 Å². The van der Waals surface area contributed by atoms with Gasteiger partial charge in [0.25, 0.3) is 5.56 Å². The van der Waals surface area contributed by atoms with Crippen molar-refractivity contribution in [3.63, 3.8) is 0 Å². The van der Waals surface area contributed by atoms with Crippen molar-refractivity contribution < 1.29 is 36.7 Å². The first kappa shape index (κ1) is 37.5. The lowest BCUT2D eigenvalue weighted by molar-refractivity contribution is -0.173. The summed E-state index contributed by atoms with van der Waals surface area (Å²) in [6.45, 7) is 11.8. The molecular weight excluding hydrogens is 664 g/mol. The van der Waals surface area contributed by atoms with E-state index < -0.39 is 62.6 Å². The van der Waals surface area contributed by atoms with Crippen LogP contribution in [0.5, 0.6) is 0 Å². The fourth-order valence-corrected chi connectivity index (χ4v) is 7.03. The Hall–Kier alpha value is -2.97. The normalized spacial score (nSPS) is 19.2. The molecule has 0 saturated carbocycles. The van der Waals surface area contributed by atoms with Crippen LogP contribution in [0.1, 0.15) is 67.1 Å². The molecule has 10 nitrogen and oxygen atoms in total. The second-order valence-electron chi connectivity index (χ2n) is 12.1. The predicted molar refractivity (Wildman–Crippen MR) is 174 cm³/mol. The number of ether oxygens (including phenoxy) is 2. The van der Waals surface area contributed by atoms with E-state index in [9.17, 15) is 32.3 Å². The molecule has 1 aromatic heterocycles. The van der Waals surface area contributed by atoms with Crippen molar-refractivity contribution in [3.8, 4) is 11.8 Å². The van der Waals surface area contributed by atoms with E-state index >= 15 is 0 Å². The van der Waals surface area contributed by atoms with Crippen molar-refractivity contribution in [1.29, 1.82) is 0 Å². The molecule has 0 bridgehead atoms. The number of H-pyrrole nitrogens is 1. The number of carbonyl (C=O) groups is 2. The lowest BCUT2D eigenvalue weighted by atomic mass is 10.0. The Morgan fingerprint density at radius 1 is 1.22 bits per heavy atom. The molecule has 252 valence electrons. The topological polar surface area (TPSA) is 129 Å². The van der Waals surface area contributed by atoms with Gasteiger partial charge in [0.1, 0.15) is 24.0 Å². The Balaban J connectivity index is 1.90. The maximum Gasteiger partial charge on any atom is 0.471 e. The number of amides is 1. The number of carbonyl (C=O) groups excluding carboxylic acids is 2. The van der Waals surface area contributed by atoms with Crippen molar-refractivity contribution in [3.05, 3.63) is 68.0 Å². The number of aromatic nitrogens is 2. The highest BCUT2D eigenvalue weighted by Gasteiger charge is 2.43. The highest BCUT2D eigenvalue weighted by atomic mass is 33.1. The molecule has 0 spiro atoms. The minimum Gasteiger partial charge on any atom is -0.456 e. The summed E-state index contributed by atoms with van der Waals surface area (Å²) >= 11 is 0. The standard InChI is InChI=1S/C30H38F3N3O7S2Si/c1-18(45-44-5)20-12-8-9-13-21(20)26(38)43-22-15-24(42-23(22)17-41-46(6,7)29(2,3)4)36-16-19(25(37)35-28(36)40)11-10-14-34-27(39)30(31,32)33/h8-9,12-13,16,18,22-24H,14-15,17H2,1-7H3,(H,34,39)(H,35,37,40)/t18?,22?,23-,24-/m1/s1. The molecule has 2 heterocycles. The average molecular weight is 702 g/mol. The number of alkyl halides is 3. The van der Waals surface area contributed by atoms with Crippen LogP contribution in [-0.2, 0) is 18.7 Å². The maximum absolute atomic E-state index is 13.5. The zero-order valence-electron chi connectivity index (χ0n) is 26.6. The third-order valence-electron chi connectivity index (χ3n) is 7.81. The molecule has 0 aliphatic carbocycles. The van der Waals surface area contributed by atoms with Crippen LogP contribution in [0.15, 0.2) is 40.1 Å². The number of esters is 1. The number of rotatable bonds is 10. The van der Waals surface area contributed by atoms with Gasteiger partial charge in [0.05, 0.1) is 18.7 Å².